The van der Waals surface area contributed by atoms with E-state index in [2.05, 4.69) is 22.2 Å². The first-order valence-electron chi connectivity index (χ1n) is 9.67. The van der Waals surface area contributed by atoms with Crippen LogP contribution < -0.4 is 10.1 Å². The number of ether oxygens (including phenoxy) is 1. The zero-order valence-electron chi connectivity index (χ0n) is 15.5. The maximum atomic E-state index is 12.4. The maximum absolute atomic E-state index is 12.4. The summed E-state index contributed by atoms with van der Waals surface area (Å²) in [7, 11) is 0. The van der Waals surface area contributed by atoms with Gasteiger partial charge in [-0.15, -0.1) is 0 Å². The lowest BCUT2D eigenvalue weighted by Crippen LogP contribution is -2.40. The summed E-state index contributed by atoms with van der Waals surface area (Å²) in [6, 6.07) is 6.10. The highest BCUT2D eigenvalue weighted by Gasteiger charge is 2.42. The van der Waals surface area contributed by atoms with Crippen molar-refractivity contribution in [1.29, 1.82) is 0 Å². The van der Waals surface area contributed by atoms with Crippen molar-refractivity contribution >= 4 is 28.7 Å². The number of imidazole rings is 1. The van der Waals surface area contributed by atoms with Crippen LogP contribution in [-0.4, -0.2) is 34.3 Å². The Kier molecular flexibility index (Phi) is 5.11. The molecule has 2 aromatic rings. The van der Waals surface area contributed by atoms with Gasteiger partial charge >= 0.3 is 0 Å². The molecule has 1 aromatic carbocycles. The molecule has 4 rings (SSSR count). The number of H-pyrrole nitrogens is 1. The van der Waals surface area contributed by atoms with Gasteiger partial charge in [-0.3, -0.25) is 4.79 Å². The van der Waals surface area contributed by atoms with Crippen LogP contribution in [0.1, 0.15) is 39.5 Å². The molecule has 0 spiro atoms. The molecular weight excluding hydrogens is 346 g/mol. The molecule has 2 aliphatic rings. The largest absolute Gasteiger partial charge is 0.494 e. The van der Waals surface area contributed by atoms with Crippen molar-refractivity contribution < 1.29 is 9.53 Å². The van der Waals surface area contributed by atoms with E-state index in [-0.39, 0.29) is 11.9 Å². The van der Waals surface area contributed by atoms with Gasteiger partial charge in [-0.25, -0.2) is 4.98 Å². The van der Waals surface area contributed by atoms with E-state index in [9.17, 15) is 4.79 Å². The molecule has 4 unspecified atom stereocenters. The van der Waals surface area contributed by atoms with Crippen molar-refractivity contribution in [2.75, 3.05) is 12.4 Å². The van der Waals surface area contributed by atoms with Crippen LogP contribution >= 0.6 is 11.8 Å². The number of nitrogens with one attached hydrogen (secondary N) is 2. The minimum atomic E-state index is 0.0979. The molecule has 1 aromatic heterocycles. The minimum Gasteiger partial charge on any atom is -0.494 e. The molecule has 2 aliphatic carbocycles. The molecule has 1 heterocycles. The summed E-state index contributed by atoms with van der Waals surface area (Å²) in [5, 5.41) is 3.99. The van der Waals surface area contributed by atoms with E-state index in [0.29, 0.717) is 18.3 Å². The Hall–Kier alpha value is -1.69. The van der Waals surface area contributed by atoms with Crippen molar-refractivity contribution in [3.05, 3.63) is 18.2 Å². The highest BCUT2D eigenvalue weighted by atomic mass is 32.2. The van der Waals surface area contributed by atoms with Crippen LogP contribution in [0.25, 0.3) is 11.0 Å². The molecule has 5 nitrogen and oxygen atoms in total. The predicted molar refractivity (Wildman–Crippen MR) is 105 cm³/mol. The van der Waals surface area contributed by atoms with E-state index in [0.717, 1.165) is 33.8 Å². The summed E-state index contributed by atoms with van der Waals surface area (Å²) in [6.45, 7) is 4.78. The number of carbonyl (C=O) groups excluding carboxylic acids is 1. The maximum Gasteiger partial charge on any atom is 0.230 e. The van der Waals surface area contributed by atoms with Crippen LogP contribution in [0, 0.1) is 17.8 Å². The average Bonchev–Trinajstić information content (AvgIpc) is 3.34. The number of hydrogen-bond acceptors (Lipinski definition) is 4. The summed E-state index contributed by atoms with van der Waals surface area (Å²) in [5.74, 6) is 3.74. The van der Waals surface area contributed by atoms with Crippen molar-refractivity contribution in [2.45, 2.75) is 50.7 Å². The van der Waals surface area contributed by atoms with Gasteiger partial charge < -0.3 is 15.0 Å². The third-order valence-corrected chi connectivity index (χ3v) is 6.78. The Bertz CT molecular complexity index is 790. The Morgan fingerprint density at radius 2 is 2.31 bits per heavy atom. The van der Waals surface area contributed by atoms with Crippen molar-refractivity contribution in [3.63, 3.8) is 0 Å². The summed E-state index contributed by atoms with van der Waals surface area (Å²) in [5.41, 5.74) is 1.83. The first-order valence-corrected chi connectivity index (χ1v) is 10.7. The van der Waals surface area contributed by atoms with Crippen LogP contribution in [0.3, 0.4) is 0 Å². The van der Waals surface area contributed by atoms with Crippen molar-refractivity contribution in [3.8, 4) is 5.75 Å². The number of fused-ring (bicyclic) bond motifs is 3. The third kappa shape index (κ3) is 3.70. The molecule has 0 radical (unpaired) electrons. The molecule has 2 bridgehead atoms. The molecule has 2 saturated carbocycles. The molecule has 0 aliphatic heterocycles. The van der Waals surface area contributed by atoms with Crippen molar-refractivity contribution in [1.82, 2.24) is 15.3 Å². The van der Waals surface area contributed by atoms with Crippen molar-refractivity contribution in [2.24, 2.45) is 17.8 Å². The number of aromatic amines is 1. The highest BCUT2D eigenvalue weighted by molar-refractivity contribution is 7.99. The van der Waals surface area contributed by atoms with E-state index in [4.69, 9.17) is 4.74 Å². The van der Waals surface area contributed by atoms with E-state index in [1.165, 1.54) is 37.4 Å². The van der Waals surface area contributed by atoms with Gasteiger partial charge in [0.1, 0.15) is 5.75 Å². The molecule has 26 heavy (non-hydrogen) atoms. The number of amides is 1. The van der Waals surface area contributed by atoms with Gasteiger partial charge in [0.25, 0.3) is 0 Å². The molecular formula is C20H27N3O2S. The number of rotatable bonds is 7. The normalized spacial score (nSPS) is 25.5. The van der Waals surface area contributed by atoms with Gasteiger partial charge in [0, 0.05) is 12.1 Å². The number of thioether (sulfide) groups is 1. The summed E-state index contributed by atoms with van der Waals surface area (Å²) >= 11 is 1.45. The number of hydrogen-bond donors (Lipinski definition) is 2. The van der Waals surface area contributed by atoms with Crippen LogP contribution in [0.15, 0.2) is 23.4 Å². The van der Waals surface area contributed by atoms with Gasteiger partial charge in [-0.2, -0.15) is 0 Å². The fourth-order valence-electron chi connectivity index (χ4n) is 4.73. The zero-order valence-corrected chi connectivity index (χ0v) is 16.3. The Labute approximate surface area is 158 Å². The first kappa shape index (κ1) is 17.7. The van der Waals surface area contributed by atoms with Crippen LogP contribution in [-0.2, 0) is 4.79 Å². The number of aromatic nitrogens is 2. The molecule has 4 atom stereocenters. The van der Waals surface area contributed by atoms with Gasteiger partial charge in [0.15, 0.2) is 5.16 Å². The topological polar surface area (TPSA) is 67.0 Å². The van der Waals surface area contributed by atoms with Crippen LogP contribution in [0.2, 0.25) is 0 Å². The summed E-state index contributed by atoms with van der Waals surface area (Å²) in [4.78, 5) is 20.2. The smallest absolute Gasteiger partial charge is 0.230 e. The van der Waals surface area contributed by atoms with Gasteiger partial charge in [-0.1, -0.05) is 18.2 Å². The third-order valence-electron chi connectivity index (χ3n) is 5.91. The standard InChI is InChI=1S/C20H27N3O2S/c1-3-25-15-6-7-17-18(10-15)23-20(22-17)26-11-19(24)21-12(2)16-9-13-4-5-14(16)8-13/h6-7,10,12-14,16H,3-5,8-9,11H2,1-2H3,(H,21,24)(H,22,23). The fraction of sp³-hybridized carbons (Fsp3) is 0.600. The van der Waals surface area contributed by atoms with Gasteiger partial charge in [-0.05, 0) is 63.0 Å². The Balaban J connectivity index is 1.30. The lowest BCUT2D eigenvalue weighted by molar-refractivity contribution is -0.119. The second-order valence-electron chi connectivity index (χ2n) is 7.64. The van der Waals surface area contributed by atoms with Crippen LogP contribution in [0.4, 0.5) is 0 Å². The van der Waals surface area contributed by atoms with Crippen LogP contribution in [0.5, 0.6) is 5.75 Å². The van der Waals surface area contributed by atoms with E-state index >= 15 is 0 Å². The number of benzene rings is 1. The molecule has 2 N–H and O–H groups in total. The Morgan fingerprint density at radius 3 is 3.04 bits per heavy atom. The van der Waals surface area contributed by atoms with Gasteiger partial charge in [0.05, 0.1) is 23.4 Å². The monoisotopic (exact) mass is 373 g/mol. The zero-order chi connectivity index (χ0) is 18.1. The highest BCUT2D eigenvalue weighted by Crippen LogP contribution is 2.49. The second kappa shape index (κ2) is 7.51. The molecule has 140 valence electrons. The van der Waals surface area contributed by atoms with E-state index in [1.54, 1.807) is 0 Å². The SMILES string of the molecule is CCOc1ccc2nc(SCC(=O)NC(C)C3CC4CCC3C4)[nH]c2c1. The second-order valence-corrected chi connectivity index (χ2v) is 8.60. The number of nitrogens with zero attached hydrogens (tertiary/aromatic N) is 1. The first-order chi connectivity index (χ1) is 12.6. The van der Waals surface area contributed by atoms with Gasteiger partial charge in [0.2, 0.25) is 5.91 Å². The quantitative estimate of drug-likeness (QED) is 0.720. The summed E-state index contributed by atoms with van der Waals surface area (Å²) < 4.78 is 5.52. The van der Waals surface area contributed by atoms with E-state index < -0.39 is 0 Å². The lowest BCUT2D eigenvalue weighted by atomic mass is 9.84. The average molecular weight is 374 g/mol. The van der Waals surface area contributed by atoms with E-state index in [1.807, 2.05) is 25.1 Å². The molecule has 6 heteroatoms. The fourth-order valence-corrected chi connectivity index (χ4v) is 5.43. The minimum absolute atomic E-state index is 0.0979. The molecule has 0 saturated heterocycles. The predicted octanol–water partition coefficient (Wildman–Crippen LogP) is 3.99. The summed E-state index contributed by atoms with van der Waals surface area (Å²) in [6.07, 6.45) is 5.43. The molecule has 2 fully saturated rings. The molecule has 1 amide bonds. The number of carbonyl (C=O) groups is 1. The Morgan fingerprint density at radius 1 is 1.42 bits per heavy atom. The lowest BCUT2D eigenvalue weighted by Gasteiger charge is -2.28.